The molecule has 0 aliphatic carbocycles. The Hall–Kier alpha value is -3.07. The van der Waals surface area contributed by atoms with Gasteiger partial charge >= 0.3 is 0 Å². The Morgan fingerprint density at radius 1 is 0.793 bits per heavy atom. The van der Waals surface area contributed by atoms with Gasteiger partial charge in [0.1, 0.15) is 11.5 Å². The molecular weight excluding hydrogens is 354 g/mol. The van der Waals surface area contributed by atoms with Crippen LogP contribution in [0.4, 0.5) is 5.82 Å². The first-order valence-corrected chi connectivity index (χ1v) is 10.3. The Labute approximate surface area is 173 Å². The highest BCUT2D eigenvalue weighted by Gasteiger charge is 2.14. The van der Waals surface area contributed by atoms with Crippen LogP contribution in [0.1, 0.15) is 43.2 Å². The molecule has 0 radical (unpaired) electrons. The predicted molar refractivity (Wildman–Crippen MR) is 122 cm³/mol. The summed E-state index contributed by atoms with van der Waals surface area (Å²) in [6.45, 7) is 7.55. The van der Waals surface area contributed by atoms with Crippen molar-refractivity contribution in [2.75, 3.05) is 5.32 Å². The lowest BCUT2D eigenvalue weighted by Crippen LogP contribution is -2.10. The van der Waals surface area contributed by atoms with Gasteiger partial charge in [-0.3, -0.25) is 4.40 Å². The molecule has 2 aromatic heterocycles. The minimum Gasteiger partial charge on any atom is -0.366 e. The zero-order valence-electron chi connectivity index (χ0n) is 17.5. The average molecular weight is 384 g/mol. The molecule has 0 saturated heterocycles. The molecule has 0 spiro atoms. The average Bonchev–Trinajstić information content (AvgIpc) is 3.08. The summed E-state index contributed by atoms with van der Waals surface area (Å²) in [5, 5.41) is 3.62. The molecule has 0 unspecified atom stereocenters. The van der Waals surface area contributed by atoms with E-state index in [4.69, 9.17) is 4.98 Å². The van der Waals surface area contributed by atoms with Crippen molar-refractivity contribution in [1.82, 2.24) is 9.38 Å². The molecule has 0 fully saturated rings. The van der Waals surface area contributed by atoms with Gasteiger partial charge in [0.05, 0.1) is 5.69 Å². The smallest absolute Gasteiger partial charge is 0.138 e. The zero-order chi connectivity index (χ0) is 20.3. The van der Waals surface area contributed by atoms with E-state index in [1.807, 2.05) is 12.1 Å². The minimum atomic E-state index is 0.189. The van der Waals surface area contributed by atoms with Crippen LogP contribution < -0.4 is 5.32 Å². The molecule has 0 aliphatic rings. The molecule has 2 heterocycles. The molecule has 3 heteroatoms. The molecule has 0 aliphatic heterocycles. The fourth-order valence-corrected chi connectivity index (χ4v) is 3.62. The van der Waals surface area contributed by atoms with Crippen LogP contribution in [0.15, 0.2) is 79.0 Å². The van der Waals surface area contributed by atoms with Gasteiger partial charge in [-0.2, -0.15) is 0 Å². The molecule has 148 valence electrons. The number of aryl methyl sites for hydroxylation is 2. The number of fused-ring (bicyclic) bond motifs is 1. The molecule has 0 atom stereocenters. The van der Waals surface area contributed by atoms with Gasteiger partial charge < -0.3 is 5.32 Å². The minimum absolute atomic E-state index is 0.189. The van der Waals surface area contributed by atoms with Crippen molar-refractivity contribution < 1.29 is 0 Å². The largest absolute Gasteiger partial charge is 0.366 e. The van der Waals surface area contributed by atoms with Crippen molar-refractivity contribution in [3.63, 3.8) is 0 Å². The lowest BCUT2D eigenvalue weighted by molar-refractivity contribution is 0.590. The Morgan fingerprint density at radius 2 is 1.52 bits per heavy atom. The summed E-state index contributed by atoms with van der Waals surface area (Å²) in [4.78, 5) is 4.90. The summed E-state index contributed by atoms with van der Waals surface area (Å²) in [6, 6.07) is 25.7. The fourth-order valence-electron chi connectivity index (χ4n) is 3.62. The van der Waals surface area contributed by atoms with Gasteiger partial charge in [0.25, 0.3) is 0 Å². The first kappa shape index (κ1) is 19.3. The highest BCUT2D eigenvalue weighted by molar-refractivity contribution is 5.55. The van der Waals surface area contributed by atoms with Crippen LogP contribution in [0.2, 0.25) is 0 Å². The summed E-state index contributed by atoms with van der Waals surface area (Å²) in [5.41, 5.74) is 6.29. The van der Waals surface area contributed by atoms with Gasteiger partial charge in [-0.25, -0.2) is 4.98 Å². The van der Waals surface area contributed by atoms with E-state index in [1.165, 1.54) is 16.7 Å². The SMILES string of the molecule is CC(C)(C)c1ccc(CCc2nc3ccccn3c2NCc2ccccc2)cc1. The van der Waals surface area contributed by atoms with Gasteiger partial charge in [0, 0.05) is 12.7 Å². The molecular formula is C26H29N3. The number of nitrogens with zero attached hydrogens (tertiary/aromatic N) is 2. The second-order valence-electron chi connectivity index (χ2n) is 8.62. The van der Waals surface area contributed by atoms with Crippen LogP contribution in [0.25, 0.3) is 5.65 Å². The van der Waals surface area contributed by atoms with E-state index in [2.05, 4.69) is 97.3 Å². The maximum atomic E-state index is 4.90. The zero-order valence-corrected chi connectivity index (χ0v) is 17.5. The topological polar surface area (TPSA) is 29.3 Å². The number of rotatable bonds is 6. The second kappa shape index (κ2) is 8.12. The molecule has 4 aromatic rings. The van der Waals surface area contributed by atoms with Crippen LogP contribution in [0.5, 0.6) is 0 Å². The van der Waals surface area contributed by atoms with E-state index in [9.17, 15) is 0 Å². The Bertz CT molecular complexity index is 1070. The summed E-state index contributed by atoms with van der Waals surface area (Å²) in [7, 11) is 0. The van der Waals surface area contributed by atoms with E-state index in [0.717, 1.165) is 36.5 Å². The number of hydrogen-bond acceptors (Lipinski definition) is 2. The lowest BCUT2D eigenvalue weighted by Gasteiger charge is -2.19. The molecule has 29 heavy (non-hydrogen) atoms. The summed E-state index contributed by atoms with van der Waals surface area (Å²) >= 11 is 0. The maximum absolute atomic E-state index is 4.90. The van der Waals surface area contributed by atoms with E-state index in [1.54, 1.807) is 0 Å². The van der Waals surface area contributed by atoms with Gasteiger partial charge in [0.2, 0.25) is 0 Å². The highest BCUT2D eigenvalue weighted by atomic mass is 15.1. The van der Waals surface area contributed by atoms with Gasteiger partial charge in [-0.15, -0.1) is 0 Å². The first-order chi connectivity index (χ1) is 14.0. The normalized spacial score (nSPS) is 11.7. The van der Waals surface area contributed by atoms with E-state index in [0.29, 0.717) is 0 Å². The first-order valence-electron chi connectivity index (χ1n) is 10.3. The third-order valence-corrected chi connectivity index (χ3v) is 5.38. The van der Waals surface area contributed by atoms with Crippen molar-refractivity contribution in [2.24, 2.45) is 0 Å². The van der Waals surface area contributed by atoms with Crippen LogP contribution >= 0.6 is 0 Å². The number of hydrogen-bond donors (Lipinski definition) is 1. The van der Waals surface area contributed by atoms with Crippen molar-refractivity contribution in [3.8, 4) is 0 Å². The van der Waals surface area contributed by atoms with Gasteiger partial charge in [0.15, 0.2) is 0 Å². The second-order valence-corrected chi connectivity index (χ2v) is 8.62. The monoisotopic (exact) mass is 383 g/mol. The molecule has 0 amide bonds. The summed E-state index contributed by atoms with van der Waals surface area (Å²) < 4.78 is 2.15. The quantitative estimate of drug-likeness (QED) is 0.440. The third-order valence-electron chi connectivity index (χ3n) is 5.38. The Balaban J connectivity index is 1.53. The van der Waals surface area contributed by atoms with Gasteiger partial charge in [-0.1, -0.05) is 81.4 Å². The number of anilines is 1. The molecule has 2 aromatic carbocycles. The summed E-state index contributed by atoms with van der Waals surface area (Å²) in [5.74, 6) is 1.09. The third kappa shape index (κ3) is 4.51. The van der Waals surface area contributed by atoms with Crippen LogP contribution in [0, 0.1) is 0 Å². The Kier molecular flexibility index (Phi) is 5.39. The van der Waals surface area contributed by atoms with Crippen molar-refractivity contribution in [3.05, 3.63) is 101 Å². The lowest BCUT2D eigenvalue weighted by atomic mass is 9.86. The number of benzene rings is 2. The van der Waals surface area contributed by atoms with E-state index < -0.39 is 0 Å². The maximum Gasteiger partial charge on any atom is 0.138 e. The number of imidazole rings is 1. The van der Waals surface area contributed by atoms with Gasteiger partial charge in [-0.05, 0) is 47.1 Å². The predicted octanol–water partition coefficient (Wildman–Crippen LogP) is 6.03. The highest BCUT2D eigenvalue weighted by Crippen LogP contribution is 2.24. The molecule has 0 bridgehead atoms. The Morgan fingerprint density at radius 3 is 2.24 bits per heavy atom. The molecule has 4 rings (SSSR count). The van der Waals surface area contributed by atoms with Crippen molar-refractivity contribution in [1.29, 1.82) is 0 Å². The molecule has 1 N–H and O–H groups in total. The molecule has 3 nitrogen and oxygen atoms in total. The van der Waals surface area contributed by atoms with E-state index >= 15 is 0 Å². The standard InChI is InChI=1S/C26H29N3/c1-26(2,3)22-15-12-20(13-16-22)14-17-23-25(27-19-21-9-5-4-6-10-21)29-18-8-7-11-24(29)28-23/h4-13,15-16,18,27H,14,17,19H2,1-3H3. The van der Waals surface area contributed by atoms with Crippen LogP contribution in [-0.2, 0) is 24.8 Å². The van der Waals surface area contributed by atoms with Crippen LogP contribution in [-0.4, -0.2) is 9.38 Å². The number of aromatic nitrogens is 2. The number of pyridine rings is 1. The van der Waals surface area contributed by atoms with Crippen LogP contribution in [0.3, 0.4) is 0 Å². The van der Waals surface area contributed by atoms with Crippen molar-refractivity contribution in [2.45, 2.75) is 45.6 Å². The fraction of sp³-hybridized carbons (Fsp3) is 0.269. The number of nitrogens with one attached hydrogen (secondary N) is 1. The van der Waals surface area contributed by atoms with Crippen molar-refractivity contribution >= 4 is 11.5 Å². The molecule has 0 saturated carbocycles. The summed E-state index contributed by atoms with van der Waals surface area (Å²) in [6.07, 6.45) is 3.97. The van der Waals surface area contributed by atoms with E-state index in [-0.39, 0.29) is 5.41 Å².